The molecule has 4 nitrogen and oxygen atoms in total. The van der Waals surface area contributed by atoms with Crippen LogP contribution in [0.25, 0.3) is 5.69 Å². The number of aliphatic hydroxyl groups is 1. The zero-order valence-corrected chi connectivity index (χ0v) is 9.43. The Morgan fingerprint density at radius 3 is 2.82 bits per heavy atom. The highest BCUT2D eigenvalue weighted by Crippen LogP contribution is 2.20. The zero-order chi connectivity index (χ0) is 12.3. The molecule has 0 atom stereocenters. The standard InChI is InChI=1S/C12H13FN2O2/c1-2-17-12-4-3-10(7-11(12)13)15-6-5-9(8-16)14-15/h3-7,16H,2,8H2,1H3. The van der Waals surface area contributed by atoms with E-state index in [2.05, 4.69) is 5.10 Å². The van der Waals surface area contributed by atoms with Gasteiger partial charge in [0, 0.05) is 12.3 Å². The van der Waals surface area contributed by atoms with Crippen LogP contribution in [0.5, 0.6) is 5.75 Å². The van der Waals surface area contributed by atoms with Gasteiger partial charge in [0.2, 0.25) is 0 Å². The molecule has 1 N–H and O–H groups in total. The molecule has 0 aliphatic rings. The van der Waals surface area contributed by atoms with E-state index in [0.717, 1.165) is 0 Å². The van der Waals surface area contributed by atoms with Gasteiger partial charge in [0.05, 0.1) is 24.6 Å². The van der Waals surface area contributed by atoms with Crippen molar-refractivity contribution in [3.63, 3.8) is 0 Å². The predicted octanol–water partition coefficient (Wildman–Crippen LogP) is 1.90. The van der Waals surface area contributed by atoms with Gasteiger partial charge in [-0.3, -0.25) is 0 Å². The summed E-state index contributed by atoms with van der Waals surface area (Å²) < 4.78 is 20.2. The molecule has 1 aromatic heterocycles. The Morgan fingerprint density at radius 2 is 2.24 bits per heavy atom. The molecular weight excluding hydrogens is 223 g/mol. The van der Waals surface area contributed by atoms with E-state index >= 15 is 0 Å². The number of benzene rings is 1. The third-order valence-electron chi connectivity index (χ3n) is 2.29. The van der Waals surface area contributed by atoms with Gasteiger partial charge in [0.1, 0.15) is 0 Å². The van der Waals surface area contributed by atoms with Crippen molar-refractivity contribution in [2.75, 3.05) is 6.61 Å². The minimum absolute atomic E-state index is 0.132. The average molecular weight is 236 g/mol. The SMILES string of the molecule is CCOc1ccc(-n2ccc(CO)n2)cc1F. The molecule has 0 bridgehead atoms. The van der Waals surface area contributed by atoms with E-state index in [4.69, 9.17) is 9.84 Å². The van der Waals surface area contributed by atoms with Crippen molar-refractivity contribution in [2.45, 2.75) is 13.5 Å². The first-order valence-corrected chi connectivity index (χ1v) is 5.32. The van der Waals surface area contributed by atoms with Crippen molar-refractivity contribution in [1.29, 1.82) is 0 Å². The van der Waals surface area contributed by atoms with Crippen molar-refractivity contribution < 1.29 is 14.2 Å². The van der Waals surface area contributed by atoms with Gasteiger partial charge in [-0.15, -0.1) is 0 Å². The van der Waals surface area contributed by atoms with Crippen molar-refractivity contribution in [3.8, 4) is 11.4 Å². The van der Waals surface area contributed by atoms with E-state index in [0.29, 0.717) is 18.0 Å². The maximum atomic E-state index is 13.6. The summed E-state index contributed by atoms with van der Waals surface area (Å²) in [6.45, 7) is 2.09. The summed E-state index contributed by atoms with van der Waals surface area (Å²) in [6, 6.07) is 6.30. The fraction of sp³-hybridized carbons (Fsp3) is 0.250. The molecule has 0 saturated heterocycles. The lowest BCUT2D eigenvalue weighted by Crippen LogP contribution is -1.99. The number of ether oxygens (including phenoxy) is 1. The van der Waals surface area contributed by atoms with E-state index in [1.165, 1.54) is 10.7 Å². The van der Waals surface area contributed by atoms with E-state index in [9.17, 15) is 4.39 Å². The Morgan fingerprint density at radius 1 is 1.41 bits per heavy atom. The molecule has 2 rings (SSSR count). The van der Waals surface area contributed by atoms with Crippen LogP contribution in [0, 0.1) is 5.82 Å². The third kappa shape index (κ3) is 2.45. The van der Waals surface area contributed by atoms with E-state index in [1.807, 2.05) is 0 Å². The van der Waals surface area contributed by atoms with Crippen LogP contribution in [0.4, 0.5) is 4.39 Å². The lowest BCUT2D eigenvalue weighted by molar-refractivity contribution is 0.276. The fourth-order valence-electron chi connectivity index (χ4n) is 1.49. The van der Waals surface area contributed by atoms with Crippen LogP contribution in [0.3, 0.4) is 0 Å². The van der Waals surface area contributed by atoms with Gasteiger partial charge < -0.3 is 9.84 Å². The normalized spacial score (nSPS) is 10.5. The molecule has 0 fully saturated rings. The minimum atomic E-state index is -0.426. The molecule has 0 saturated carbocycles. The van der Waals surface area contributed by atoms with E-state index in [1.54, 1.807) is 31.3 Å². The second-order valence-electron chi connectivity index (χ2n) is 3.46. The molecule has 5 heteroatoms. The summed E-state index contributed by atoms with van der Waals surface area (Å²) in [7, 11) is 0. The first-order chi connectivity index (χ1) is 8.24. The maximum Gasteiger partial charge on any atom is 0.167 e. The average Bonchev–Trinajstić information content (AvgIpc) is 2.80. The van der Waals surface area contributed by atoms with Crippen molar-refractivity contribution in [3.05, 3.63) is 42.0 Å². The van der Waals surface area contributed by atoms with Crippen LogP contribution in [-0.4, -0.2) is 21.5 Å². The summed E-state index contributed by atoms with van der Waals surface area (Å²) in [5, 5.41) is 13.0. The van der Waals surface area contributed by atoms with Gasteiger partial charge in [-0.05, 0) is 25.1 Å². The lowest BCUT2D eigenvalue weighted by atomic mass is 10.3. The quantitative estimate of drug-likeness (QED) is 0.882. The van der Waals surface area contributed by atoms with Gasteiger partial charge in [0.25, 0.3) is 0 Å². The van der Waals surface area contributed by atoms with Crippen LogP contribution in [0.1, 0.15) is 12.6 Å². The predicted molar refractivity (Wildman–Crippen MR) is 60.6 cm³/mol. The Kier molecular flexibility index (Phi) is 3.39. The Hall–Kier alpha value is -1.88. The molecule has 0 unspecified atom stereocenters. The summed E-state index contributed by atoms with van der Waals surface area (Å²) >= 11 is 0. The second-order valence-corrected chi connectivity index (χ2v) is 3.46. The number of rotatable bonds is 4. The van der Waals surface area contributed by atoms with Gasteiger partial charge in [-0.25, -0.2) is 9.07 Å². The van der Waals surface area contributed by atoms with Gasteiger partial charge in [-0.1, -0.05) is 0 Å². The number of nitrogens with zero attached hydrogens (tertiary/aromatic N) is 2. The molecule has 90 valence electrons. The second kappa shape index (κ2) is 4.97. The molecule has 0 aliphatic heterocycles. The van der Waals surface area contributed by atoms with E-state index < -0.39 is 5.82 Å². The molecule has 2 aromatic rings. The highest BCUT2D eigenvalue weighted by atomic mass is 19.1. The largest absolute Gasteiger partial charge is 0.491 e. The fourth-order valence-corrected chi connectivity index (χ4v) is 1.49. The monoisotopic (exact) mass is 236 g/mol. The number of aliphatic hydroxyl groups excluding tert-OH is 1. The molecule has 1 heterocycles. The number of halogens is 1. The van der Waals surface area contributed by atoms with Crippen molar-refractivity contribution in [2.24, 2.45) is 0 Å². The number of hydrogen-bond donors (Lipinski definition) is 1. The Bertz CT molecular complexity index is 511. The minimum Gasteiger partial charge on any atom is -0.491 e. The third-order valence-corrected chi connectivity index (χ3v) is 2.29. The molecule has 0 spiro atoms. The van der Waals surface area contributed by atoms with Crippen LogP contribution in [-0.2, 0) is 6.61 Å². The number of aromatic nitrogens is 2. The number of hydrogen-bond acceptors (Lipinski definition) is 3. The highest BCUT2D eigenvalue weighted by molar-refractivity contribution is 5.38. The first-order valence-electron chi connectivity index (χ1n) is 5.32. The lowest BCUT2D eigenvalue weighted by Gasteiger charge is -2.06. The summed E-state index contributed by atoms with van der Waals surface area (Å²) in [4.78, 5) is 0. The molecule has 0 aliphatic carbocycles. The summed E-state index contributed by atoms with van der Waals surface area (Å²) in [5.74, 6) is -0.198. The highest BCUT2D eigenvalue weighted by Gasteiger charge is 2.06. The summed E-state index contributed by atoms with van der Waals surface area (Å²) in [6.07, 6.45) is 1.67. The molecule has 0 radical (unpaired) electrons. The first kappa shape index (κ1) is 11.6. The molecule has 17 heavy (non-hydrogen) atoms. The van der Waals surface area contributed by atoms with Crippen LogP contribution < -0.4 is 4.74 Å². The van der Waals surface area contributed by atoms with Gasteiger partial charge in [0.15, 0.2) is 11.6 Å². The van der Waals surface area contributed by atoms with Crippen LogP contribution in [0.15, 0.2) is 30.5 Å². The molecule has 0 amide bonds. The Labute approximate surface area is 98.3 Å². The summed E-state index contributed by atoms with van der Waals surface area (Å²) in [5.41, 5.74) is 1.13. The maximum absolute atomic E-state index is 13.6. The van der Waals surface area contributed by atoms with Crippen molar-refractivity contribution in [1.82, 2.24) is 9.78 Å². The topological polar surface area (TPSA) is 47.3 Å². The van der Waals surface area contributed by atoms with Crippen LogP contribution in [0.2, 0.25) is 0 Å². The van der Waals surface area contributed by atoms with E-state index in [-0.39, 0.29) is 12.4 Å². The zero-order valence-electron chi connectivity index (χ0n) is 9.43. The van der Waals surface area contributed by atoms with Gasteiger partial charge >= 0.3 is 0 Å². The van der Waals surface area contributed by atoms with Crippen LogP contribution >= 0.6 is 0 Å². The molecule has 1 aromatic carbocycles. The Balaban J connectivity index is 2.30. The smallest absolute Gasteiger partial charge is 0.167 e. The van der Waals surface area contributed by atoms with Gasteiger partial charge in [-0.2, -0.15) is 5.10 Å². The van der Waals surface area contributed by atoms with Crippen molar-refractivity contribution >= 4 is 0 Å². The molecular formula is C12H13FN2O2.